The summed E-state index contributed by atoms with van der Waals surface area (Å²) < 4.78 is 33.1. The molecule has 96 valence electrons. The lowest BCUT2D eigenvalue weighted by Crippen LogP contribution is -2.04. The van der Waals surface area contributed by atoms with Gasteiger partial charge in [-0.3, -0.25) is 4.55 Å². The van der Waals surface area contributed by atoms with Crippen molar-refractivity contribution in [3.05, 3.63) is 35.4 Å². The molecule has 4 nitrogen and oxygen atoms in total. The number of hydrogen-bond donors (Lipinski definition) is 1. The predicted molar refractivity (Wildman–Crippen MR) is 66.2 cm³/mol. The fourth-order valence-electron chi connectivity index (χ4n) is 1.65. The highest BCUT2D eigenvalue weighted by molar-refractivity contribution is 7.80. The molecule has 1 aromatic carbocycles. The summed E-state index contributed by atoms with van der Waals surface area (Å²) in [4.78, 5) is 0. The molecule has 0 saturated heterocycles. The van der Waals surface area contributed by atoms with E-state index in [0.29, 0.717) is 6.42 Å². The van der Waals surface area contributed by atoms with Crippen molar-refractivity contribution in [2.24, 2.45) is 0 Å². The minimum Gasteiger partial charge on any atom is -0.264 e. The third-order valence-corrected chi connectivity index (χ3v) is 3.05. The first kappa shape index (κ1) is 14.2. The second kappa shape index (κ2) is 6.74. The smallest absolute Gasteiger partial charge is 0.264 e. The van der Waals surface area contributed by atoms with Gasteiger partial charge in [-0.05, 0) is 37.3 Å². The largest absolute Gasteiger partial charge is 0.397 e. The van der Waals surface area contributed by atoms with Gasteiger partial charge in [-0.25, -0.2) is 4.18 Å². The van der Waals surface area contributed by atoms with E-state index in [1.807, 2.05) is 12.1 Å². The van der Waals surface area contributed by atoms with Crippen LogP contribution in [-0.2, 0) is 21.0 Å². The molecule has 0 spiro atoms. The van der Waals surface area contributed by atoms with Crippen LogP contribution in [0.1, 0.15) is 30.4 Å². The van der Waals surface area contributed by atoms with Crippen molar-refractivity contribution >= 4 is 10.4 Å². The molecule has 0 radical (unpaired) electrons. The average Bonchev–Trinajstić information content (AvgIpc) is 2.24. The third-order valence-electron chi connectivity index (χ3n) is 2.58. The molecule has 0 atom stereocenters. The van der Waals surface area contributed by atoms with Crippen molar-refractivity contribution in [3.63, 3.8) is 0 Å². The summed E-state index contributed by atoms with van der Waals surface area (Å²) in [6.07, 6.45) is 3.48. The molecule has 0 amide bonds. The third kappa shape index (κ3) is 6.41. The van der Waals surface area contributed by atoms with Crippen LogP contribution in [0.3, 0.4) is 0 Å². The summed E-state index contributed by atoms with van der Waals surface area (Å²) in [5.74, 6) is 0. The lowest BCUT2D eigenvalue weighted by molar-refractivity contribution is 0.262. The highest BCUT2D eigenvalue weighted by Crippen LogP contribution is 2.11. The molecule has 5 heteroatoms. The van der Waals surface area contributed by atoms with E-state index in [1.165, 1.54) is 11.1 Å². The Morgan fingerprint density at radius 3 is 2.53 bits per heavy atom. The zero-order valence-electron chi connectivity index (χ0n) is 9.93. The van der Waals surface area contributed by atoms with Crippen LogP contribution in [0.5, 0.6) is 0 Å². The minimum absolute atomic E-state index is 0.0482. The number of hydrogen-bond acceptors (Lipinski definition) is 3. The maximum Gasteiger partial charge on any atom is 0.397 e. The zero-order valence-corrected chi connectivity index (χ0v) is 10.7. The van der Waals surface area contributed by atoms with E-state index in [2.05, 4.69) is 23.2 Å². The van der Waals surface area contributed by atoms with Crippen LogP contribution in [-0.4, -0.2) is 19.6 Å². The predicted octanol–water partition coefficient (Wildman–Crippen LogP) is 2.53. The Kier molecular flexibility index (Phi) is 5.61. The van der Waals surface area contributed by atoms with Crippen LogP contribution in [0.25, 0.3) is 0 Å². The summed E-state index contributed by atoms with van der Waals surface area (Å²) in [6, 6.07) is 8.21. The van der Waals surface area contributed by atoms with Crippen LogP contribution in [0, 0.1) is 6.92 Å². The van der Waals surface area contributed by atoms with E-state index < -0.39 is 10.4 Å². The quantitative estimate of drug-likeness (QED) is 0.603. The lowest BCUT2D eigenvalue weighted by atomic mass is 10.0. The van der Waals surface area contributed by atoms with Gasteiger partial charge in [0.2, 0.25) is 0 Å². The Balaban J connectivity index is 2.15. The van der Waals surface area contributed by atoms with Gasteiger partial charge in [0.25, 0.3) is 0 Å². The Hall–Kier alpha value is -0.910. The number of aryl methyl sites for hydroxylation is 2. The number of rotatable bonds is 7. The Morgan fingerprint density at radius 1 is 1.18 bits per heavy atom. The van der Waals surface area contributed by atoms with Crippen LogP contribution in [0.2, 0.25) is 0 Å². The summed E-state index contributed by atoms with van der Waals surface area (Å²) in [5.41, 5.74) is 2.60. The van der Waals surface area contributed by atoms with Crippen LogP contribution in [0.15, 0.2) is 24.3 Å². The monoisotopic (exact) mass is 258 g/mol. The summed E-state index contributed by atoms with van der Waals surface area (Å²) in [5, 5.41) is 0. The molecule has 1 aromatic rings. The summed E-state index contributed by atoms with van der Waals surface area (Å²) >= 11 is 0. The van der Waals surface area contributed by atoms with E-state index in [-0.39, 0.29) is 6.61 Å². The van der Waals surface area contributed by atoms with Gasteiger partial charge in [0.1, 0.15) is 0 Å². The van der Waals surface area contributed by atoms with Crippen molar-refractivity contribution in [1.29, 1.82) is 0 Å². The Morgan fingerprint density at radius 2 is 1.88 bits per heavy atom. The lowest BCUT2D eigenvalue weighted by Gasteiger charge is -2.05. The molecule has 17 heavy (non-hydrogen) atoms. The van der Waals surface area contributed by atoms with Gasteiger partial charge in [-0.1, -0.05) is 30.7 Å². The van der Waals surface area contributed by atoms with E-state index in [0.717, 1.165) is 19.3 Å². The van der Waals surface area contributed by atoms with Crippen LogP contribution >= 0.6 is 0 Å². The van der Waals surface area contributed by atoms with Crippen molar-refractivity contribution in [2.75, 3.05) is 6.61 Å². The molecule has 1 N–H and O–H groups in total. The van der Waals surface area contributed by atoms with Gasteiger partial charge in [-0.15, -0.1) is 0 Å². The first-order valence-corrected chi connectivity index (χ1v) is 7.02. The second-order valence-corrected chi connectivity index (χ2v) is 5.08. The topological polar surface area (TPSA) is 63.6 Å². The normalized spacial score (nSPS) is 11.6. The van der Waals surface area contributed by atoms with Gasteiger partial charge >= 0.3 is 10.4 Å². The average molecular weight is 258 g/mol. The second-order valence-electron chi connectivity index (χ2n) is 3.99. The molecule has 0 bridgehead atoms. The molecule has 0 aliphatic heterocycles. The first-order chi connectivity index (χ1) is 7.99. The van der Waals surface area contributed by atoms with Gasteiger partial charge in [0, 0.05) is 0 Å². The van der Waals surface area contributed by atoms with Crippen molar-refractivity contribution in [3.8, 4) is 0 Å². The molecule has 0 saturated carbocycles. The van der Waals surface area contributed by atoms with Gasteiger partial charge in [0.05, 0.1) is 6.61 Å². The van der Waals surface area contributed by atoms with Crippen LogP contribution in [0.4, 0.5) is 0 Å². The molecule has 1 rings (SSSR count). The number of unbranched alkanes of at least 4 members (excludes halogenated alkanes) is 2. The molecule has 0 aromatic heterocycles. The SMILES string of the molecule is Cc1ccccc1CCCCCOS(=O)(=O)O. The first-order valence-electron chi connectivity index (χ1n) is 5.65. The zero-order chi connectivity index (χ0) is 12.7. The molecule has 0 fully saturated rings. The van der Waals surface area contributed by atoms with Gasteiger partial charge in [-0.2, -0.15) is 8.42 Å². The summed E-state index contributed by atoms with van der Waals surface area (Å²) in [6.45, 7) is 2.13. The number of benzene rings is 1. The van der Waals surface area contributed by atoms with E-state index in [1.54, 1.807) is 0 Å². The van der Waals surface area contributed by atoms with Gasteiger partial charge < -0.3 is 0 Å². The van der Waals surface area contributed by atoms with Crippen molar-refractivity contribution in [1.82, 2.24) is 0 Å². The van der Waals surface area contributed by atoms with E-state index >= 15 is 0 Å². The molecule has 0 heterocycles. The summed E-state index contributed by atoms with van der Waals surface area (Å²) in [7, 11) is -4.27. The standard InChI is InChI=1S/C12H18O4S/c1-11-7-4-5-9-12(11)8-3-2-6-10-16-17(13,14)15/h4-5,7,9H,2-3,6,8,10H2,1H3,(H,13,14,15). The Labute approximate surface area is 103 Å². The van der Waals surface area contributed by atoms with Crippen LogP contribution < -0.4 is 0 Å². The fourth-order valence-corrected chi connectivity index (χ4v) is 1.98. The van der Waals surface area contributed by atoms with Crippen molar-refractivity contribution < 1.29 is 17.2 Å². The maximum atomic E-state index is 10.3. The fraction of sp³-hybridized carbons (Fsp3) is 0.500. The van der Waals surface area contributed by atoms with E-state index in [9.17, 15) is 8.42 Å². The van der Waals surface area contributed by atoms with Gasteiger partial charge in [0.15, 0.2) is 0 Å². The van der Waals surface area contributed by atoms with E-state index in [4.69, 9.17) is 4.55 Å². The molecule has 0 aliphatic rings. The highest BCUT2D eigenvalue weighted by Gasteiger charge is 2.03. The minimum atomic E-state index is -4.27. The molecule has 0 aliphatic carbocycles. The Bertz CT molecular complexity index is 440. The van der Waals surface area contributed by atoms with Crippen molar-refractivity contribution in [2.45, 2.75) is 32.6 Å². The highest BCUT2D eigenvalue weighted by atomic mass is 32.3. The molecular formula is C12H18O4S. The maximum absolute atomic E-state index is 10.3. The molecular weight excluding hydrogens is 240 g/mol. The molecule has 0 unspecified atom stereocenters.